The Kier molecular flexibility index (Phi) is 4.70. The van der Waals surface area contributed by atoms with Crippen molar-refractivity contribution in [3.63, 3.8) is 0 Å². The molecular weight excluding hydrogens is 340 g/mol. The number of hydrogen-bond donors (Lipinski definition) is 1. The van der Waals surface area contributed by atoms with Gasteiger partial charge in [0.2, 0.25) is 5.95 Å². The van der Waals surface area contributed by atoms with E-state index in [0.29, 0.717) is 18.4 Å². The summed E-state index contributed by atoms with van der Waals surface area (Å²) in [5.74, 6) is 0.986. The molecule has 0 unspecified atom stereocenters. The first kappa shape index (κ1) is 17.0. The summed E-state index contributed by atoms with van der Waals surface area (Å²) in [6.07, 6.45) is 1.25. The van der Waals surface area contributed by atoms with E-state index in [4.69, 9.17) is 4.74 Å². The highest BCUT2D eigenvalue weighted by molar-refractivity contribution is 5.89. The Morgan fingerprint density at radius 1 is 1.07 bits per heavy atom. The number of nitrogens with zero attached hydrogens (tertiary/aromatic N) is 3. The third kappa shape index (κ3) is 3.60. The van der Waals surface area contributed by atoms with Crippen molar-refractivity contribution in [3.05, 3.63) is 84.1 Å². The molecule has 2 atom stereocenters. The van der Waals surface area contributed by atoms with Crippen LogP contribution < -0.4 is 10.2 Å². The molecule has 27 heavy (non-hydrogen) atoms. The molecule has 6 heteroatoms. The number of hydrogen-bond acceptors (Lipinski definition) is 5. The molecule has 1 fully saturated rings. The molecule has 1 aromatic heterocycles. The summed E-state index contributed by atoms with van der Waals surface area (Å²) in [7, 11) is 0. The fourth-order valence-electron chi connectivity index (χ4n) is 3.17. The molecule has 1 N–H and O–H groups in total. The van der Waals surface area contributed by atoms with Gasteiger partial charge in [0.25, 0.3) is 0 Å². The highest BCUT2D eigenvalue weighted by atomic mass is 16.6. The van der Waals surface area contributed by atoms with E-state index in [1.54, 1.807) is 17.2 Å². The number of anilines is 2. The Balaban J connectivity index is 1.58. The quantitative estimate of drug-likeness (QED) is 0.733. The van der Waals surface area contributed by atoms with E-state index in [0.717, 1.165) is 11.1 Å². The van der Waals surface area contributed by atoms with E-state index in [1.807, 2.05) is 67.6 Å². The number of nitrogens with one attached hydrogen (secondary N) is 1. The smallest absolute Gasteiger partial charge is 0.416 e. The first-order valence-electron chi connectivity index (χ1n) is 8.88. The van der Waals surface area contributed by atoms with Gasteiger partial charge in [-0.1, -0.05) is 60.7 Å². The standard InChI is InChI=1S/C21H20N4O2/c1-15(16-8-4-2-5-9-16)23-20-22-13-12-19(24-20)25-18(14-27-21(25)26)17-10-6-3-7-11-17/h2-13,15,18H,14H2,1H3,(H,22,23,24)/t15-,18-/m0/s1. The van der Waals surface area contributed by atoms with E-state index in [9.17, 15) is 4.79 Å². The summed E-state index contributed by atoms with van der Waals surface area (Å²) < 4.78 is 5.28. The van der Waals surface area contributed by atoms with Crippen LogP contribution in [0.3, 0.4) is 0 Å². The predicted molar refractivity (Wildman–Crippen MR) is 104 cm³/mol. The van der Waals surface area contributed by atoms with Crippen molar-refractivity contribution in [1.82, 2.24) is 9.97 Å². The molecule has 2 heterocycles. The first-order chi connectivity index (χ1) is 13.2. The van der Waals surface area contributed by atoms with Gasteiger partial charge in [0.1, 0.15) is 18.5 Å². The van der Waals surface area contributed by atoms with Crippen molar-refractivity contribution in [3.8, 4) is 0 Å². The summed E-state index contributed by atoms with van der Waals surface area (Å²) in [6.45, 7) is 2.35. The minimum absolute atomic E-state index is 0.0388. The van der Waals surface area contributed by atoms with E-state index in [1.165, 1.54) is 0 Å². The van der Waals surface area contributed by atoms with Crippen LogP contribution in [-0.4, -0.2) is 22.7 Å². The van der Waals surface area contributed by atoms with Gasteiger partial charge in [-0.2, -0.15) is 4.98 Å². The number of carbonyl (C=O) groups is 1. The number of aromatic nitrogens is 2. The Morgan fingerprint density at radius 3 is 2.52 bits per heavy atom. The van der Waals surface area contributed by atoms with Gasteiger partial charge in [-0.05, 0) is 24.1 Å². The van der Waals surface area contributed by atoms with Crippen molar-refractivity contribution < 1.29 is 9.53 Å². The van der Waals surface area contributed by atoms with Crippen LogP contribution >= 0.6 is 0 Å². The van der Waals surface area contributed by atoms with Crippen LogP contribution in [-0.2, 0) is 4.74 Å². The fraction of sp³-hybridized carbons (Fsp3) is 0.190. The second-order valence-electron chi connectivity index (χ2n) is 6.39. The molecule has 4 rings (SSSR count). The molecule has 1 aliphatic rings. The summed E-state index contributed by atoms with van der Waals surface area (Å²) in [5.41, 5.74) is 2.14. The topological polar surface area (TPSA) is 67.4 Å². The van der Waals surface area contributed by atoms with Crippen LogP contribution in [0.5, 0.6) is 0 Å². The molecule has 0 aliphatic carbocycles. The maximum Gasteiger partial charge on any atom is 0.416 e. The number of cyclic esters (lactones) is 1. The monoisotopic (exact) mass is 360 g/mol. The normalized spacial score (nSPS) is 17.4. The maximum absolute atomic E-state index is 12.3. The van der Waals surface area contributed by atoms with Crippen LogP contribution in [0.4, 0.5) is 16.6 Å². The number of benzene rings is 2. The van der Waals surface area contributed by atoms with Crippen LogP contribution in [0, 0.1) is 0 Å². The summed E-state index contributed by atoms with van der Waals surface area (Å²) >= 11 is 0. The Morgan fingerprint density at radius 2 is 1.78 bits per heavy atom. The second kappa shape index (κ2) is 7.45. The predicted octanol–water partition coefficient (Wildman–Crippen LogP) is 4.35. The third-order valence-corrected chi connectivity index (χ3v) is 4.59. The van der Waals surface area contributed by atoms with Crippen molar-refractivity contribution in [2.75, 3.05) is 16.8 Å². The van der Waals surface area contributed by atoms with Gasteiger partial charge in [0.15, 0.2) is 0 Å². The SMILES string of the molecule is C[C@H](Nc1nccc(N2C(=O)OC[C@H]2c2ccccc2)n1)c1ccccc1. The van der Waals surface area contributed by atoms with E-state index < -0.39 is 6.09 Å². The summed E-state index contributed by atoms with van der Waals surface area (Å²) in [6, 6.07) is 21.4. The Bertz CT molecular complexity index is 918. The summed E-state index contributed by atoms with van der Waals surface area (Å²) in [5, 5.41) is 3.29. The van der Waals surface area contributed by atoms with Crippen molar-refractivity contribution in [2.24, 2.45) is 0 Å². The van der Waals surface area contributed by atoms with E-state index in [2.05, 4.69) is 15.3 Å². The number of amides is 1. The molecule has 0 radical (unpaired) electrons. The van der Waals surface area contributed by atoms with Crippen molar-refractivity contribution in [2.45, 2.75) is 19.0 Å². The van der Waals surface area contributed by atoms with Crippen LogP contribution in [0.15, 0.2) is 72.9 Å². The highest BCUT2D eigenvalue weighted by Crippen LogP contribution is 2.32. The lowest BCUT2D eigenvalue weighted by molar-refractivity contribution is 0.179. The average Bonchev–Trinajstić information content (AvgIpc) is 3.11. The van der Waals surface area contributed by atoms with Crippen LogP contribution in [0.1, 0.15) is 30.1 Å². The Hall–Kier alpha value is -3.41. The van der Waals surface area contributed by atoms with Gasteiger partial charge in [-0.25, -0.2) is 9.78 Å². The molecule has 1 aliphatic heterocycles. The molecule has 1 amide bonds. The van der Waals surface area contributed by atoms with Crippen LogP contribution in [0.25, 0.3) is 0 Å². The number of carbonyl (C=O) groups excluding carboxylic acids is 1. The third-order valence-electron chi connectivity index (χ3n) is 4.59. The molecule has 0 bridgehead atoms. The molecule has 2 aromatic carbocycles. The van der Waals surface area contributed by atoms with Crippen molar-refractivity contribution >= 4 is 17.9 Å². The lowest BCUT2D eigenvalue weighted by Gasteiger charge is -2.21. The largest absolute Gasteiger partial charge is 0.447 e. The lowest BCUT2D eigenvalue weighted by atomic mass is 10.1. The molecule has 0 saturated carbocycles. The van der Waals surface area contributed by atoms with Gasteiger partial charge in [-0.3, -0.25) is 4.90 Å². The zero-order valence-electron chi connectivity index (χ0n) is 14.9. The fourth-order valence-corrected chi connectivity index (χ4v) is 3.17. The van der Waals surface area contributed by atoms with E-state index in [-0.39, 0.29) is 12.1 Å². The van der Waals surface area contributed by atoms with Crippen molar-refractivity contribution in [1.29, 1.82) is 0 Å². The molecule has 136 valence electrons. The first-order valence-corrected chi connectivity index (χ1v) is 8.88. The minimum Gasteiger partial charge on any atom is -0.447 e. The van der Waals surface area contributed by atoms with Gasteiger partial charge in [0, 0.05) is 6.20 Å². The number of ether oxygens (including phenoxy) is 1. The van der Waals surface area contributed by atoms with E-state index >= 15 is 0 Å². The average molecular weight is 360 g/mol. The molecule has 3 aromatic rings. The zero-order valence-corrected chi connectivity index (χ0v) is 14.9. The molecule has 1 saturated heterocycles. The highest BCUT2D eigenvalue weighted by Gasteiger charge is 2.36. The maximum atomic E-state index is 12.3. The van der Waals surface area contributed by atoms with Gasteiger partial charge >= 0.3 is 6.09 Å². The second-order valence-corrected chi connectivity index (χ2v) is 6.39. The summed E-state index contributed by atoms with van der Waals surface area (Å²) in [4.78, 5) is 22.8. The van der Waals surface area contributed by atoms with Crippen LogP contribution in [0.2, 0.25) is 0 Å². The van der Waals surface area contributed by atoms with Gasteiger partial charge in [0.05, 0.1) is 6.04 Å². The Labute approximate surface area is 157 Å². The van der Waals surface area contributed by atoms with Gasteiger partial charge in [-0.15, -0.1) is 0 Å². The minimum atomic E-state index is -0.399. The molecule has 6 nitrogen and oxygen atoms in total. The zero-order chi connectivity index (χ0) is 18.6. The number of rotatable bonds is 5. The molecule has 0 spiro atoms. The lowest BCUT2D eigenvalue weighted by Crippen LogP contribution is -2.28. The van der Waals surface area contributed by atoms with Gasteiger partial charge < -0.3 is 10.1 Å². The molecular formula is C21H20N4O2.